The van der Waals surface area contributed by atoms with Crippen molar-refractivity contribution < 1.29 is 14.0 Å². The summed E-state index contributed by atoms with van der Waals surface area (Å²) < 4.78 is 13.2. The molecule has 2 aliphatic heterocycles. The SMILES string of the molecule is CN1CC2(CCC1=O)CCN(C(=O)Cc1cccc(F)c1)CC2. The summed E-state index contributed by atoms with van der Waals surface area (Å²) in [4.78, 5) is 27.8. The quantitative estimate of drug-likeness (QED) is 0.839. The standard InChI is InChI=1S/C18H23FN2O2/c1-20-13-18(6-5-16(20)22)7-9-21(10-8-18)17(23)12-14-3-2-4-15(19)11-14/h2-4,11H,5-10,12-13H2,1H3. The zero-order valence-corrected chi connectivity index (χ0v) is 13.6. The molecule has 1 aromatic rings. The molecule has 23 heavy (non-hydrogen) atoms. The molecule has 0 aromatic heterocycles. The molecule has 0 atom stereocenters. The van der Waals surface area contributed by atoms with E-state index in [1.54, 1.807) is 12.1 Å². The third kappa shape index (κ3) is 3.54. The summed E-state index contributed by atoms with van der Waals surface area (Å²) in [5.74, 6) is -0.0197. The zero-order valence-electron chi connectivity index (χ0n) is 13.6. The van der Waals surface area contributed by atoms with Crippen molar-refractivity contribution in [2.45, 2.75) is 32.1 Å². The molecule has 0 saturated carbocycles. The summed E-state index contributed by atoms with van der Waals surface area (Å²) in [5.41, 5.74) is 0.899. The molecule has 124 valence electrons. The van der Waals surface area contributed by atoms with Gasteiger partial charge in [0.1, 0.15) is 5.82 Å². The molecule has 3 rings (SSSR count). The van der Waals surface area contributed by atoms with Crippen molar-refractivity contribution in [3.63, 3.8) is 0 Å². The fourth-order valence-corrected chi connectivity index (χ4v) is 3.81. The Bertz CT molecular complexity index is 609. The summed E-state index contributed by atoms with van der Waals surface area (Å²) in [6.07, 6.45) is 3.69. The van der Waals surface area contributed by atoms with Crippen molar-refractivity contribution in [3.8, 4) is 0 Å². The van der Waals surface area contributed by atoms with Gasteiger partial charge in [-0.05, 0) is 42.4 Å². The van der Waals surface area contributed by atoms with Gasteiger partial charge in [-0.2, -0.15) is 0 Å². The van der Waals surface area contributed by atoms with Crippen molar-refractivity contribution in [3.05, 3.63) is 35.6 Å². The van der Waals surface area contributed by atoms with Crippen LogP contribution in [-0.2, 0) is 16.0 Å². The van der Waals surface area contributed by atoms with Gasteiger partial charge in [0.05, 0.1) is 6.42 Å². The van der Waals surface area contributed by atoms with E-state index in [2.05, 4.69) is 0 Å². The maximum absolute atomic E-state index is 13.2. The average molecular weight is 318 g/mol. The molecule has 0 bridgehead atoms. The number of likely N-dealkylation sites (tertiary alicyclic amines) is 2. The summed E-state index contributed by atoms with van der Waals surface area (Å²) >= 11 is 0. The minimum absolute atomic E-state index is 0.0608. The minimum atomic E-state index is -0.303. The van der Waals surface area contributed by atoms with Crippen LogP contribution >= 0.6 is 0 Å². The van der Waals surface area contributed by atoms with Gasteiger partial charge >= 0.3 is 0 Å². The molecule has 0 N–H and O–H groups in total. The van der Waals surface area contributed by atoms with Crippen LogP contribution in [0.1, 0.15) is 31.2 Å². The number of hydrogen-bond acceptors (Lipinski definition) is 2. The molecule has 2 aliphatic rings. The normalized spacial score (nSPS) is 20.9. The van der Waals surface area contributed by atoms with Crippen LogP contribution in [0.3, 0.4) is 0 Å². The molecule has 2 saturated heterocycles. The number of hydrogen-bond donors (Lipinski definition) is 0. The molecule has 0 radical (unpaired) electrons. The van der Waals surface area contributed by atoms with Crippen molar-refractivity contribution in [2.24, 2.45) is 5.41 Å². The van der Waals surface area contributed by atoms with E-state index in [-0.39, 0.29) is 29.5 Å². The zero-order chi connectivity index (χ0) is 16.4. The van der Waals surface area contributed by atoms with Crippen molar-refractivity contribution in [1.82, 2.24) is 9.80 Å². The van der Waals surface area contributed by atoms with E-state index in [4.69, 9.17) is 0 Å². The van der Waals surface area contributed by atoms with Gasteiger partial charge < -0.3 is 9.80 Å². The largest absolute Gasteiger partial charge is 0.345 e. The van der Waals surface area contributed by atoms with E-state index in [1.807, 2.05) is 16.8 Å². The topological polar surface area (TPSA) is 40.6 Å². The Morgan fingerprint density at radius 2 is 2.00 bits per heavy atom. The number of piperidine rings is 2. The van der Waals surface area contributed by atoms with E-state index < -0.39 is 0 Å². The van der Waals surface area contributed by atoms with Gasteiger partial charge in [0.25, 0.3) is 0 Å². The van der Waals surface area contributed by atoms with Crippen LogP contribution in [0.2, 0.25) is 0 Å². The summed E-state index contributed by atoms with van der Waals surface area (Å²) in [5, 5.41) is 0. The summed E-state index contributed by atoms with van der Waals surface area (Å²) in [6, 6.07) is 6.23. The van der Waals surface area contributed by atoms with Crippen LogP contribution in [0.5, 0.6) is 0 Å². The molecular formula is C18H23FN2O2. The Labute approximate surface area is 136 Å². The van der Waals surface area contributed by atoms with Crippen molar-refractivity contribution in [2.75, 3.05) is 26.7 Å². The predicted octanol–water partition coefficient (Wildman–Crippen LogP) is 2.23. The Morgan fingerprint density at radius 1 is 1.26 bits per heavy atom. The van der Waals surface area contributed by atoms with Crippen LogP contribution in [-0.4, -0.2) is 48.3 Å². The average Bonchev–Trinajstić information content (AvgIpc) is 2.52. The second kappa shape index (κ2) is 6.30. The number of rotatable bonds is 2. The highest BCUT2D eigenvalue weighted by Gasteiger charge is 2.40. The first-order chi connectivity index (χ1) is 11.0. The first-order valence-electron chi connectivity index (χ1n) is 8.24. The maximum Gasteiger partial charge on any atom is 0.226 e. The van der Waals surface area contributed by atoms with Crippen LogP contribution in [0.15, 0.2) is 24.3 Å². The Morgan fingerprint density at radius 3 is 2.65 bits per heavy atom. The Balaban J connectivity index is 1.56. The molecule has 2 amide bonds. The van der Waals surface area contributed by atoms with E-state index in [1.165, 1.54) is 12.1 Å². The van der Waals surface area contributed by atoms with Gasteiger partial charge in [-0.25, -0.2) is 4.39 Å². The van der Waals surface area contributed by atoms with E-state index in [0.29, 0.717) is 6.42 Å². The predicted molar refractivity (Wildman–Crippen MR) is 85.2 cm³/mol. The molecule has 1 aromatic carbocycles. The van der Waals surface area contributed by atoms with Crippen molar-refractivity contribution in [1.29, 1.82) is 0 Å². The first-order valence-corrected chi connectivity index (χ1v) is 8.24. The highest BCUT2D eigenvalue weighted by atomic mass is 19.1. The van der Waals surface area contributed by atoms with Crippen molar-refractivity contribution >= 4 is 11.8 Å². The number of benzene rings is 1. The third-order valence-corrected chi connectivity index (χ3v) is 5.29. The third-order valence-electron chi connectivity index (χ3n) is 5.29. The van der Waals surface area contributed by atoms with Gasteiger partial charge in [0, 0.05) is 33.1 Å². The number of amides is 2. The molecular weight excluding hydrogens is 295 g/mol. The van der Waals surface area contributed by atoms with Crippen LogP contribution < -0.4 is 0 Å². The number of nitrogens with zero attached hydrogens (tertiary/aromatic N) is 2. The number of carbonyl (C=O) groups excluding carboxylic acids is 2. The minimum Gasteiger partial charge on any atom is -0.345 e. The Hall–Kier alpha value is -1.91. The van der Waals surface area contributed by atoms with Gasteiger partial charge in [-0.3, -0.25) is 9.59 Å². The number of carbonyl (C=O) groups is 2. The molecule has 0 unspecified atom stereocenters. The lowest BCUT2D eigenvalue weighted by Gasteiger charge is -2.46. The molecule has 2 heterocycles. The van der Waals surface area contributed by atoms with E-state index in [9.17, 15) is 14.0 Å². The van der Waals surface area contributed by atoms with Gasteiger partial charge in [-0.1, -0.05) is 12.1 Å². The lowest BCUT2D eigenvalue weighted by molar-refractivity contribution is -0.140. The van der Waals surface area contributed by atoms with Crippen LogP contribution in [0.25, 0.3) is 0 Å². The lowest BCUT2D eigenvalue weighted by Crippen LogP contribution is -2.51. The molecule has 4 nitrogen and oxygen atoms in total. The monoisotopic (exact) mass is 318 g/mol. The van der Waals surface area contributed by atoms with Gasteiger partial charge in [0.2, 0.25) is 11.8 Å². The summed E-state index contributed by atoms with van der Waals surface area (Å²) in [7, 11) is 1.87. The van der Waals surface area contributed by atoms with E-state index in [0.717, 1.165) is 44.5 Å². The summed E-state index contributed by atoms with van der Waals surface area (Å²) in [6.45, 7) is 2.27. The van der Waals surface area contributed by atoms with E-state index >= 15 is 0 Å². The molecule has 2 fully saturated rings. The highest BCUT2D eigenvalue weighted by molar-refractivity contribution is 5.79. The van der Waals surface area contributed by atoms with Gasteiger partial charge in [0.15, 0.2) is 0 Å². The number of halogens is 1. The second-order valence-electron chi connectivity index (χ2n) is 6.94. The fourth-order valence-electron chi connectivity index (χ4n) is 3.81. The smallest absolute Gasteiger partial charge is 0.226 e. The lowest BCUT2D eigenvalue weighted by atomic mass is 9.72. The maximum atomic E-state index is 13.2. The van der Waals surface area contributed by atoms with Crippen LogP contribution in [0.4, 0.5) is 4.39 Å². The fraction of sp³-hybridized carbons (Fsp3) is 0.556. The molecule has 1 spiro atoms. The Kier molecular flexibility index (Phi) is 4.37. The second-order valence-corrected chi connectivity index (χ2v) is 6.94. The molecule has 0 aliphatic carbocycles. The molecule has 5 heteroatoms. The van der Waals surface area contributed by atoms with Gasteiger partial charge in [-0.15, -0.1) is 0 Å². The highest BCUT2D eigenvalue weighted by Crippen LogP contribution is 2.39. The van der Waals surface area contributed by atoms with Crippen LogP contribution in [0, 0.1) is 11.2 Å². The first kappa shape index (κ1) is 16.0.